The van der Waals surface area contributed by atoms with Crippen LogP contribution < -0.4 is 4.90 Å². The number of alkyl halides is 1. The van der Waals surface area contributed by atoms with Crippen LogP contribution in [0.4, 0.5) is 11.5 Å². The molecule has 0 aliphatic carbocycles. The van der Waals surface area contributed by atoms with Crippen LogP contribution in [0.25, 0.3) is 6.08 Å². The lowest BCUT2D eigenvalue weighted by Crippen LogP contribution is -2.24. The standard InChI is InChI=1S/C15H14ClN3OS/c1-20-10-19-12-9-11(3-2-6-16)4-5-13(12)21-15-14(19)17-7-8-18-15/h2-5,7-9H,6,10H2,1H3/b3-2+. The molecule has 21 heavy (non-hydrogen) atoms. The molecule has 1 aromatic heterocycles. The van der Waals surface area contributed by atoms with Crippen molar-refractivity contribution in [2.24, 2.45) is 0 Å². The SMILES string of the molecule is COCN1c2cc(/C=C/CCl)ccc2Sc2nccnc21. The average molecular weight is 320 g/mol. The summed E-state index contributed by atoms with van der Waals surface area (Å²) in [5, 5.41) is 0.895. The van der Waals surface area contributed by atoms with Crippen molar-refractivity contribution in [2.45, 2.75) is 9.92 Å². The summed E-state index contributed by atoms with van der Waals surface area (Å²) in [6.07, 6.45) is 7.34. The van der Waals surface area contributed by atoms with E-state index in [9.17, 15) is 0 Å². The van der Waals surface area contributed by atoms with Crippen molar-refractivity contribution in [3.05, 3.63) is 42.2 Å². The minimum absolute atomic E-state index is 0.432. The first kappa shape index (κ1) is 14.4. The second kappa shape index (κ2) is 6.47. The highest BCUT2D eigenvalue weighted by Gasteiger charge is 2.25. The highest BCUT2D eigenvalue weighted by atomic mass is 35.5. The third-order valence-corrected chi connectivity index (χ3v) is 4.26. The van der Waals surface area contributed by atoms with E-state index < -0.39 is 0 Å². The Morgan fingerprint density at radius 1 is 1.33 bits per heavy atom. The molecule has 3 rings (SSSR count). The molecule has 2 aromatic rings. The Morgan fingerprint density at radius 2 is 2.19 bits per heavy atom. The van der Waals surface area contributed by atoms with E-state index in [1.54, 1.807) is 31.3 Å². The summed E-state index contributed by atoms with van der Waals surface area (Å²) in [6, 6.07) is 6.28. The molecule has 1 aliphatic heterocycles. The lowest BCUT2D eigenvalue weighted by molar-refractivity contribution is 0.205. The Balaban J connectivity index is 2.06. The van der Waals surface area contributed by atoms with E-state index in [0.717, 1.165) is 27.0 Å². The van der Waals surface area contributed by atoms with Crippen molar-refractivity contribution in [3.63, 3.8) is 0 Å². The maximum absolute atomic E-state index is 5.70. The van der Waals surface area contributed by atoms with E-state index in [2.05, 4.69) is 28.2 Å². The lowest BCUT2D eigenvalue weighted by Gasteiger charge is -2.30. The molecule has 0 saturated carbocycles. The van der Waals surface area contributed by atoms with Crippen LogP contribution in [0, 0.1) is 0 Å². The molecular weight excluding hydrogens is 306 g/mol. The highest BCUT2D eigenvalue weighted by molar-refractivity contribution is 7.99. The van der Waals surface area contributed by atoms with Gasteiger partial charge in [0, 0.05) is 30.3 Å². The Morgan fingerprint density at radius 3 is 3.00 bits per heavy atom. The zero-order chi connectivity index (χ0) is 14.7. The normalized spacial score (nSPS) is 13.3. The van der Waals surface area contributed by atoms with Gasteiger partial charge in [0.1, 0.15) is 11.8 Å². The van der Waals surface area contributed by atoms with Crippen LogP contribution in [-0.4, -0.2) is 29.7 Å². The maximum atomic E-state index is 5.70. The summed E-state index contributed by atoms with van der Waals surface area (Å²) >= 11 is 7.32. The summed E-state index contributed by atoms with van der Waals surface area (Å²) in [5.74, 6) is 1.33. The number of aromatic nitrogens is 2. The quantitative estimate of drug-likeness (QED) is 0.798. The fraction of sp³-hybridized carbons (Fsp3) is 0.200. The topological polar surface area (TPSA) is 38.2 Å². The first-order valence-electron chi connectivity index (χ1n) is 6.45. The largest absolute Gasteiger partial charge is 0.364 e. The van der Waals surface area contributed by atoms with Gasteiger partial charge in [-0.3, -0.25) is 4.90 Å². The van der Waals surface area contributed by atoms with Crippen LogP contribution >= 0.6 is 23.4 Å². The van der Waals surface area contributed by atoms with Crippen LogP contribution in [0.15, 0.2) is 46.6 Å². The van der Waals surface area contributed by atoms with Gasteiger partial charge >= 0.3 is 0 Å². The van der Waals surface area contributed by atoms with E-state index in [0.29, 0.717) is 12.6 Å². The molecule has 0 spiro atoms. The lowest BCUT2D eigenvalue weighted by atomic mass is 10.1. The van der Waals surface area contributed by atoms with E-state index in [-0.39, 0.29) is 0 Å². The zero-order valence-corrected chi connectivity index (χ0v) is 13.1. The van der Waals surface area contributed by atoms with Crippen molar-refractivity contribution in [2.75, 3.05) is 24.6 Å². The fourth-order valence-electron chi connectivity index (χ4n) is 2.17. The molecule has 0 fully saturated rings. The average Bonchev–Trinajstić information content (AvgIpc) is 2.53. The summed E-state index contributed by atoms with van der Waals surface area (Å²) in [5.41, 5.74) is 2.18. The van der Waals surface area contributed by atoms with Crippen LogP contribution in [0.1, 0.15) is 5.56 Å². The number of nitrogens with zero attached hydrogens (tertiary/aromatic N) is 3. The third-order valence-electron chi connectivity index (χ3n) is 3.04. The number of allylic oxidation sites excluding steroid dienone is 1. The number of fused-ring (bicyclic) bond motifs is 2. The summed E-state index contributed by atoms with van der Waals surface area (Å²) in [6.45, 7) is 0.432. The molecule has 6 heteroatoms. The van der Waals surface area contributed by atoms with Gasteiger partial charge in [-0.05, 0) is 17.7 Å². The predicted molar refractivity (Wildman–Crippen MR) is 86.4 cm³/mol. The van der Waals surface area contributed by atoms with Crippen LogP contribution in [-0.2, 0) is 4.74 Å². The minimum Gasteiger partial charge on any atom is -0.364 e. The Labute approximate surface area is 132 Å². The zero-order valence-electron chi connectivity index (χ0n) is 11.5. The molecule has 0 unspecified atom stereocenters. The maximum Gasteiger partial charge on any atom is 0.168 e. The molecule has 0 saturated heterocycles. The molecule has 0 bridgehead atoms. The van der Waals surface area contributed by atoms with Gasteiger partial charge < -0.3 is 4.74 Å². The first-order valence-corrected chi connectivity index (χ1v) is 7.80. The molecule has 4 nitrogen and oxygen atoms in total. The molecule has 108 valence electrons. The summed E-state index contributed by atoms with van der Waals surface area (Å²) in [4.78, 5) is 12.0. The van der Waals surface area contributed by atoms with Gasteiger partial charge in [0.15, 0.2) is 5.82 Å². The number of ether oxygens (including phenoxy) is 1. The number of methoxy groups -OCH3 is 1. The van der Waals surface area contributed by atoms with Gasteiger partial charge in [0.05, 0.1) is 5.69 Å². The number of rotatable bonds is 4. The summed E-state index contributed by atoms with van der Waals surface area (Å²) in [7, 11) is 1.68. The molecule has 1 aliphatic rings. The Bertz CT molecular complexity index is 678. The number of halogens is 1. The monoisotopic (exact) mass is 319 g/mol. The minimum atomic E-state index is 0.432. The van der Waals surface area contributed by atoms with Gasteiger partial charge in [-0.1, -0.05) is 30.0 Å². The number of hydrogen-bond donors (Lipinski definition) is 0. The van der Waals surface area contributed by atoms with Crippen molar-refractivity contribution in [3.8, 4) is 0 Å². The number of anilines is 2. The molecule has 0 amide bonds. The van der Waals surface area contributed by atoms with Gasteiger partial charge in [-0.15, -0.1) is 11.6 Å². The van der Waals surface area contributed by atoms with Crippen molar-refractivity contribution < 1.29 is 4.74 Å². The molecular formula is C15H14ClN3OS. The number of hydrogen-bond acceptors (Lipinski definition) is 5. The van der Waals surface area contributed by atoms with E-state index in [1.165, 1.54) is 0 Å². The van der Waals surface area contributed by atoms with E-state index in [4.69, 9.17) is 16.3 Å². The van der Waals surface area contributed by atoms with Gasteiger partial charge in [0.2, 0.25) is 0 Å². The highest BCUT2D eigenvalue weighted by Crippen LogP contribution is 2.46. The van der Waals surface area contributed by atoms with E-state index in [1.807, 2.05) is 17.1 Å². The van der Waals surface area contributed by atoms with Gasteiger partial charge in [-0.25, -0.2) is 9.97 Å². The van der Waals surface area contributed by atoms with Crippen molar-refractivity contribution in [1.29, 1.82) is 0 Å². The molecule has 2 heterocycles. The van der Waals surface area contributed by atoms with Gasteiger partial charge in [0.25, 0.3) is 0 Å². The number of benzene rings is 1. The van der Waals surface area contributed by atoms with E-state index >= 15 is 0 Å². The fourth-order valence-corrected chi connectivity index (χ4v) is 3.24. The van der Waals surface area contributed by atoms with Crippen LogP contribution in [0.5, 0.6) is 0 Å². The molecule has 0 radical (unpaired) electrons. The Kier molecular flexibility index (Phi) is 4.43. The Hall–Kier alpha value is -1.56. The molecule has 0 N–H and O–H groups in total. The second-order valence-corrected chi connectivity index (χ2v) is 5.76. The smallest absolute Gasteiger partial charge is 0.168 e. The van der Waals surface area contributed by atoms with Gasteiger partial charge in [-0.2, -0.15) is 0 Å². The van der Waals surface area contributed by atoms with Crippen LogP contribution in [0.2, 0.25) is 0 Å². The molecule has 0 atom stereocenters. The van der Waals surface area contributed by atoms with Crippen molar-refractivity contribution in [1.82, 2.24) is 9.97 Å². The molecule has 1 aromatic carbocycles. The second-order valence-electron chi connectivity index (χ2n) is 4.42. The predicted octanol–water partition coefficient (Wildman–Crippen LogP) is 3.94. The van der Waals surface area contributed by atoms with Crippen LogP contribution in [0.3, 0.4) is 0 Å². The van der Waals surface area contributed by atoms with Crippen molar-refractivity contribution >= 4 is 40.9 Å². The first-order chi connectivity index (χ1) is 10.3. The third kappa shape index (κ3) is 2.90. The summed E-state index contributed by atoms with van der Waals surface area (Å²) < 4.78 is 5.33.